The van der Waals surface area contributed by atoms with Gasteiger partial charge in [-0.3, -0.25) is 0 Å². The molecule has 5 heteroatoms. The van der Waals surface area contributed by atoms with Crippen molar-refractivity contribution in [2.24, 2.45) is 5.73 Å². The molecule has 0 aliphatic heterocycles. The summed E-state index contributed by atoms with van der Waals surface area (Å²) in [4.78, 5) is 17.6. The maximum Gasteiger partial charge on any atom is 0.476 e. The molecule has 5 nitrogen and oxygen atoms in total. The fourth-order valence-electron chi connectivity index (χ4n) is 0.999. The average Bonchev–Trinajstić information content (AvgIpc) is 2.29. The van der Waals surface area contributed by atoms with E-state index in [4.69, 9.17) is 5.73 Å². The lowest BCUT2D eigenvalue weighted by Crippen LogP contribution is -2.02. The van der Waals surface area contributed by atoms with Crippen molar-refractivity contribution in [3.63, 3.8) is 0 Å². The first kappa shape index (κ1) is 16.6. The molecule has 0 rings (SSSR count). The van der Waals surface area contributed by atoms with Gasteiger partial charge in [-0.1, -0.05) is 39.0 Å². The summed E-state index contributed by atoms with van der Waals surface area (Å²) in [5.74, 6) is 0. The Kier molecular flexibility index (Phi) is 17.3. The van der Waals surface area contributed by atoms with Gasteiger partial charge in [0.25, 0.3) is 0 Å². The van der Waals surface area contributed by atoms with E-state index in [-0.39, 0.29) is 5.09 Å². The Labute approximate surface area is 92.4 Å². The second-order valence-electron chi connectivity index (χ2n) is 3.15. The Balaban J connectivity index is 0. The Hall–Kier alpha value is -0.840. The third kappa shape index (κ3) is 19.5. The highest BCUT2D eigenvalue weighted by Crippen LogP contribution is 2.03. The predicted molar refractivity (Wildman–Crippen MR) is 60.1 cm³/mol. The zero-order chi connectivity index (χ0) is 11.9. The van der Waals surface area contributed by atoms with Crippen molar-refractivity contribution in [3.05, 3.63) is 4.91 Å². The molecule has 0 aromatic carbocycles. The number of rotatable bonds is 8. The molecule has 0 heterocycles. The van der Waals surface area contributed by atoms with Crippen LogP contribution in [0.2, 0.25) is 0 Å². The normalized spacial score (nSPS) is 8.80. The van der Waals surface area contributed by atoms with Crippen molar-refractivity contribution in [3.8, 4) is 0 Å². The van der Waals surface area contributed by atoms with E-state index in [1.165, 1.54) is 52.7 Å². The molecule has 0 aliphatic carbocycles. The van der Waals surface area contributed by atoms with E-state index in [1.807, 2.05) is 0 Å². The van der Waals surface area contributed by atoms with E-state index in [0.717, 1.165) is 6.54 Å². The Bertz CT molecular complexity index is 120. The third-order valence-electron chi connectivity index (χ3n) is 1.86. The minimum absolute atomic E-state index is 0. The highest BCUT2D eigenvalue weighted by Gasteiger charge is 1.98. The number of nitrogens with two attached hydrogens (primary N) is 1. The van der Waals surface area contributed by atoms with Gasteiger partial charge in [0.05, 0.1) is 0 Å². The maximum absolute atomic E-state index is 9.65. The lowest BCUT2D eigenvalue weighted by molar-refractivity contribution is -0.972. The van der Waals surface area contributed by atoms with Crippen LogP contribution in [0.4, 0.5) is 0 Å². The van der Waals surface area contributed by atoms with Gasteiger partial charge >= 0.3 is 5.09 Å². The van der Waals surface area contributed by atoms with E-state index in [9.17, 15) is 4.91 Å². The Morgan fingerprint density at radius 3 is 1.80 bits per heavy atom. The molecule has 0 bridgehead atoms. The molecule has 0 saturated carbocycles. The van der Waals surface area contributed by atoms with Gasteiger partial charge in [-0.05, 0) is 13.0 Å². The van der Waals surface area contributed by atoms with Crippen molar-refractivity contribution >= 4 is 0 Å². The van der Waals surface area contributed by atoms with Crippen LogP contribution in [0.3, 0.4) is 0 Å². The zero-order valence-corrected chi connectivity index (χ0v) is 10.2. The molecule has 0 aromatic heterocycles. The predicted octanol–water partition coefficient (Wildman–Crippen LogP) is 2.19. The van der Waals surface area contributed by atoms with Crippen LogP contribution in [0.1, 0.15) is 45.4 Å². The SMILES string of the molecule is CCCCCCCCN.CO[N+](=O)OC. The van der Waals surface area contributed by atoms with E-state index in [0.29, 0.717) is 0 Å². The van der Waals surface area contributed by atoms with E-state index < -0.39 is 0 Å². The van der Waals surface area contributed by atoms with Crippen molar-refractivity contribution in [2.45, 2.75) is 45.4 Å². The minimum Gasteiger partial charge on any atom is -0.330 e. The first-order valence-electron chi connectivity index (χ1n) is 5.48. The molecule has 0 spiro atoms. The monoisotopic (exact) mass is 221 g/mol. The highest BCUT2D eigenvalue weighted by molar-refractivity contribution is 4.43. The molecule has 0 aromatic rings. The molecule has 15 heavy (non-hydrogen) atoms. The minimum atomic E-state index is 0. The molecule has 2 N–H and O–H groups in total. The summed E-state index contributed by atoms with van der Waals surface area (Å²) in [6.45, 7) is 3.11. The van der Waals surface area contributed by atoms with Crippen LogP contribution in [0, 0.1) is 4.91 Å². The Morgan fingerprint density at radius 2 is 1.47 bits per heavy atom. The van der Waals surface area contributed by atoms with Crippen LogP contribution in [0.15, 0.2) is 0 Å². The van der Waals surface area contributed by atoms with Crippen LogP contribution in [-0.4, -0.2) is 25.9 Å². The van der Waals surface area contributed by atoms with Gasteiger partial charge in [0.2, 0.25) is 0 Å². The van der Waals surface area contributed by atoms with Crippen LogP contribution in [-0.2, 0) is 9.68 Å². The van der Waals surface area contributed by atoms with Gasteiger partial charge in [0.1, 0.15) is 4.91 Å². The highest BCUT2D eigenvalue weighted by atomic mass is 17.0. The first-order valence-corrected chi connectivity index (χ1v) is 5.48. The molecule has 0 fully saturated rings. The van der Waals surface area contributed by atoms with Crippen molar-refractivity contribution in [2.75, 3.05) is 20.8 Å². The second kappa shape index (κ2) is 15.6. The zero-order valence-electron chi connectivity index (χ0n) is 10.2. The molecule has 0 amide bonds. The molecular weight excluding hydrogens is 196 g/mol. The average molecular weight is 221 g/mol. The van der Waals surface area contributed by atoms with Crippen LogP contribution < -0.4 is 5.73 Å². The second-order valence-corrected chi connectivity index (χ2v) is 3.15. The summed E-state index contributed by atoms with van der Waals surface area (Å²) in [5, 5.41) is 0. The summed E-state index contributed by atoms with van der Waals surface area (Å²) in [7, 11) is 2.44. The number of hydrogen-bond acceptors (Lipinski definition) is 4. The largest absolute Gasteiger partial charge is 0.476 e. The number of hydrogen-bond donors (Lipinski definition) is 1. The summed E-state index contributed by atoms with van der Waals surface area (Å²) < 4.78 is 0. The Morgan fingerprint density at radius 1 is 1.00 bits per heavy atom. The van der Waals surface area contributed by atoms with Gasteiger partial charge in [-0.25, -0.2) is 0 Å². The summed E-state index contributed by atoms with van der Waals surface area (Å²) in [5.41, 5.74) is 5.34. The van der Waals surface area contributed by atoms with Crippen LogP contribution >= 0.6 is 0 Å². The molecule has 0 aliphatic rings. The standard InChI is InChI=1S/C8H19N.C2H6NO3/c1-2-3-4-5-6-7-8-9;1-5-3(4)6-2/h2-9H2,1H3;1-2H3/q;+1. The summed E-state index contributed by atoms with van der Waals surface area (Å²) in [6.07, 6.45) is 8.05. The molecule has 0 saturated heterocycles. The maximum atomic E-state index is 9.65. The lowest BCUT2D eigenvalue weighted by atomic mass is 10.1. The van der Waals surface area contributed by atoms with Gasteiger partial charge in [-0.15, -0.1) is 0 Å². The van der Waals surface area contributed by atoms with Crippen molar-refractivity contribution in [1.29, 1.82) is 0 Å². The molecule has 0 unspecified atom stereocenters. The third-order valence-corrected chi connectivity index (χ3v) is 1.86. The fourth-order valence-corrected chi connectivity index (χ4v) is 0.999. The molecule has 0 radical (unpaired) electrons. The van der Waals surface area contributed by atoms with E-state index in [1.54, 1.807) is 0 Å². The topological polar surface area (TPSA) is 64.6 Å². The van der Waals surface area contributed by atoms with Gasteiger partial charge in [0.15, 0.2) is 14.2 Å². The number of nitrogens with zero attached hydrogens (tertiary/aromatic N) is 1. The number of unbranched alkanes of at least 4 members (excludes halogenated alkanes) is 5. The molecule has 0 atom stereocenters. The summed E-state index contributed by atoms with van der Waals surface area (Å²) in [6, 6.07) is 0. The van der Waals surface area contributed by atoms with E-state index in [2.05, 4.69) is 16.6 Å². The van der Waals surface area contributed by atoms with Crippen LogP contribution in [0.5, 0.6) is 0 Å². The van der Waals surface area contributed by atoms with Gasteiger partial charge < -0.3 is 5.73 Å². The van der Waals surface area contributed by atoms with Crippen molar-refractivity contribution < 1.29 is 14.8 Å². The van der Waals surface area contributed by atoms with Gasteiger partial charge in [0, 0.05) is 0 Å². The smallest absolute Gasteiger partial charge is 0.330 e. The van der Waals surface area contributed by atoms with Crippen LogP contribution in [0.25, 0.3) is 0 Å². The van der Waals surface area contributed by atoms with Gasteiger partial charge in [-0.2, -0.15) is 9.68 Å². The quantitative estimate of drug-likeness (QED) is 0.504. The van der Waals surface area contributed by atoms with E-state index >= 15 is 0 Å². The molecule has 92 valence electrons. The van der Waals surface area contributed by atoms with Crippen molar-refractivity contribution in [1.82, 2.24) is 0 Å². The lowest BCUT2D eigenvalue weighted by Gasteiger charge is -1.96. The molecular formula is C10H25N2O3+. The fraction of sp³-hybridized carbons (Fsp3) is 1.00. The summed E-state index contributed by atoms with van der Waals surface area (Å²) >= 11 is 0. The first-order chi connectivity index (χ1) is 7.22.